The fourth-order valence-electron chi connectivity index (χ4n) is 2.19. The first-order chi connectivity index (χ1) is 10.6. The number of carbonyl (C=O) groups is 1. The maximum Gasteiger partial charge on any atom is 0.495 e. The molecule has 0 aliphatic carbocycles. The first-order valence-electron chi connectivity index (χ1n) is 7.39. The highest BCUT2D eigenvalue weighted by Crippen LogP contribution is 2.36. The van der Waals surface area contributed by atoms with Crippen LogP contribution in [-0.4, -0.2) is 35.8 Å². The molecule has 1 fully saturated rings. The fraction of sp³-hybridized carbons (Fsp3) is 0.533. The molecule has 1 aliphatic rings. The molecular weight excluding hydrogens is 301 g/mol. The summed E-state index contributed by atoms with van der Waals surface area (Å²) in [6, 6.07) is 4.05. The normalized spacial score (nSPS) is 18.7. The van der Waals surface area contributed by atoms with Crippen LogP contribution in [0.3, 0.4) is 0 Å². The predicted molar refractivity (Wildman–Crippen MR) is 84.8 cm³/mol. The molecule has 8 heteroatoms. The second kappa shape index (κ2) is 5.94. The number of non-ortho nitro benzene ring substituents is 1. The van der Waals surface area contributed by atoms with Crippen LogP contribution in [0.4, 0.5) is 5.69 Å². The van der Waals surface area contributed by atoms with Gasteiger partial charge in [-0.05, 0) is 46.1 Å². The van der Waals surface area contributed by atoms with E-state index in [-0.39, 0.29) is 17.9 Å². The highest BCUT2D eigenvalue weighted by Gasteiger charge is 2.52. The van der Waals surface area contributed by atoms with E-state index in [0.717, 1.165) is 0 Å². The molecule has 2 rings (SSSR count). The van der Waals surface area contributed by atoms with Crippen LogP contribution < -0.4 is 5.46 Å². The number of benzene rings is 1. The van der Waals surface area contributed by atoms with Gasteiger partial charge in [-0.2, -0.15) is 0 Å². The van der Waals surface area contributed by atoms with E-state index in [4.69, 9.17) is 14.0 Å². The monoisotopic (exact) mass is 321 g/mol. The molecule has 23 heavy (non-hydrogen) atoms. The highest BCUT2D eigenvalue weighted by atomic mass is 16.7. The first-order valence-corrected chi connectivity index (χ1v) is 7.39. The maximum absolute atomic E-state index is 11.9. The molecular formula is C15H20BNO6. The van der Waals surface area contributed by atoms with E-state index in [2.05, 4.69) is 0 Å². The Morgan fingerprint density at radius 3 is 2.26 bits per heavy atom. The molecule has 124 valence electrons. The van der Waals surface area contributed by atoms with E-state index in [1.54, 1.807) is 6.92 Å². The summed E-state index contributed by atoms with van der Waals surface area (Å²) in [6.07, 6.45) is 0. The number of nitrogens with zero attached hydrogens (tertiary/aromatic N) is 1. The summed E-state index contributed by atoms with van der Waals surface area (Å²) in [5.74, 6) is -0.617. The molecule has 0 aromatic heterocycles. The predicted octanol–water partition coefficient (Wildman–Crippen LogP) is 2.07. The number of hydrogen-bond donors (Lipinski definition) is 0. The average molecular weight is 321 g/mol. The zero-order valence-corrected chi connectivity index (χ0v) is 13.9. The Hall–Kier alpha value is -1.93. The van der Waals surface area contributed by atoms with Crippen LogP contribution in [-0.2, 0) is 14.0 Å². The van der Waals surface area contributed by atoms with E-state index >= 15 is 0 Å². The van der Waals surface area contributed by atoms with Gasteiger partial charge in [0, 0.05) is 12.1 Å². The molecule has 1 aliphatic heterocycles. The van der Waals surface area contributed by atoms with Crippen LogP contribution in [0, 0.1) is 10.1 Å². The van der Waals surface area contributed by atoms with Crippen LogP contribution in [0.25, 0.3) is 0 Å². The Bertz CT molecular complexity index is 627. The summed E-state index contributed by atoms with van der Waals surface area (Å²) in [7, 11) is -0.784. The van der Waals surface area contributed by atoms with Crippen molar-refractivity contribution in [2.45, 2.75) is 45.8 Å². The molecule has 0 saturated carbocycles. The molecule has 0 spiro atoms. The van der Waals surface area contributed by atoms with Crippen molar-refractivity contribution in [1.29, 1.82) is 0 Å². The summed E-state index contributed by atoms with van der Waals surface area (Å²) in [4.78, 5) is 22.5. The van der Waals surface area contributed by atoms with Crippen LogP contribution in [0.5, 0.6) is 0 Å². The molecule has 1 aromatic carbocycles. The quantitative estimate of drug-likeness (QED) is 0.365. The Kier molecular flexibility index (Phi) is 4.50. The Balaban J connectivity index is 2.43. The average Bonchev–Trinajstić information content (AvgIpc) is 2.67. The lowest BCUT2D eigenvalue weighted by atomic mass is 9.78. The van der Waals surface area contributed by atoms with Gasteiger partial charge in [-0.1, -0.05) is 0 Å². The second-order valence-electron chi connectivity index (χ2n) is 6.38. The minimum atomic E-state index is -0.784. The summed E-state index contributed by atoms with van der Waals surface area (Å²) in [5, 5.41) is 11.1. The van der Waals surface area contributed by atoms with Crippen molar-refractivity contribution in [3.05, 3.63) is 33.9 Å². The summed E-state index contributed by atoms with van der Waals surface area (Å²) in [6.45, 7) is 9.40. The van der Waals surface area contributed by atoms with Gasteiger partial charge < -0.3 is 14.0 Å². The number of rotatable bonds is 4. The third-order valence-electron chi connectivity index (χ3n) is 4.19. The van der Waals surface area contributed by atoms with E-state index in [1.165, 1.54) is 18.2 Å². The Morgan fingerprint density at radius 1 is 1.22 bits per heavy atom. The van der Waals surface area contributed by atoms with Gasteiger partial charge in [-0.15, -0.1) is 0 Å². The van der Waals surface area contributed by atoms with Crippen molar-refractivity contribution < 1.29 is 23.8 Å². The molecule has 0 amide bonds. The lowest BCUT2D eigenvalue weighted by Gasteiger charge is -2.32. The van der Waals surface area contributed by atoms with Crippen molar-refractivity contribution in [3.63, 3.8) is 0 Å². The van der Waals surface area contributed by atoms with Gasteiger partial charge >= 0.3 is 13.1 Å². The SMILES string of the molecule is CCOC(=O)c1cc(B2OC(C)(C)C(C)(C)O2)cc([N+](=O)[O-])c1. The smallest absolute Gasteiger partial charge is 0.462 e. The van der Waals surface area contributed by atoms with Gasteiger partial charge in [0.1, 0.15) is 0 Å². The lowest BCUT2D eigenvalue weighted by Crippen LogP contribution is -2.41. The van der Waals surface area contributed by atoms with Gasteiger partial charge in [0.2, 0.25) is 0 Å². The number of nitro groups is 1. The highest BCUT2D eigenvalue weighted by molar-refractivity contribution is 6.62. The van der Waals surface area contributed by atoms with Crippen molar-refractivity contribution in [3.8, 4) is 0 Å². The second-order valence-corrected chi connectivity index (χ2v) is 6.38. The zero-order valence-electron chi connectivity index (χ0n) is 13.9. The third kappa shape index (κ3) is 3.38. The van der Waals surface area contributed by atoms with Crippen LogP contribution in [0.15, 0.2) is 18.2 Å². The molecule has 1 heterocycles. The van der Waals surface area contributed by atoms with Crippen molar-refractivity contribution in [2.75, 3.05) is 6.61 Å². The molecule has 1 saturated heterocycles. The zero-order chi connectivity index (χ0) is 17.4. The molecule has 0 N–H and O–H groups in total. The number of esters is 1. The van der Waals surface area contributed by atoms with E-state index < -0.39 is 29.2 Å². The van der Waals surface area contributed by atoms with Gasteiger partial charge in [0.15, 0.2) is 0 Å². The number of ether oxygens (including phenoxy) is 1. The Morgan fingerprint density at radius 2 is 1.78 bits per heavy atom. The molecule has 0 radical (unpaired) electrons. The molecule has 0 unspecified atom stereocenters. The van der Waals surface area contributed by atoms with Crippen LogP contribution in [0.2, 0.25) is 0 Å². The van der Waals surface area contributed by atoms with Gasteiger partial charge in [-0.25, -0.2) is 4.79 Å². The van der Waals surface area contributed by atoms with E-state index in [1.807, 2.05) is 27.7 Å². The van der Waals surface area contributed by atoms with Gasteiger partial charge in [-0.3, -0.25) is 10.1 Å². The summed E-state index contributed by atoms with van der Waals surface area (Å²) in [5.41, 5.74) is -0.842. The minimum Gasteiger partial charge on any atom is -0.462 e. The van der Waals surface area contributed by atoms with Crippen LogP contribution in [0.1, 0.15) is 45.0 Å². The van der Waals surface area contributed by atoms with Crippen LogP contribution >= 0.6 is 0 Å². The molecule has 0 atom stereocenters. The molecule has 0 bridgehead atoms. The number of carbonyl (C=O) groups excluding carboxylic acids is 1. The fourth-order valence-corrected chi connectivity index (χ4v) is 2.19. The lowest BCUT2D eigenvalue weighted by molar-refractivity contribution is -0.384. The largest absolute Gasteiger partial charge is 0.495 e. The first kappa shape index (κ1) is 17.4. The number of nitro benzene ring substituents is 1. The third-order valence-corrected chi connectivity index (χ3v) is 4.19. The van der Waals surface area contributed by atoms with Crippen molar-refractivity contribution in [2.24, 2.45) is 0 Å². The number of hydrogen-bond acceptors (Lipinski definition) is 6. The van der Waals surface area contributed by atoms with E-state index in [9.17, 15) is 14.9 Å². The minimum absolute atomic E-state index is 0.103. The van der Waals surface area contributed by atoms with Gasteiger partial charge in [0.05, 0.1) is 28.3 Å². The summed E-state index contributed by atoms with van der Waals surface area (Å²) >= 11 is 0. The Labute approximate surface area is 135 Å². The van der Waals surface area contributed by atoms with E-state index in [0.29, 0.717) is 5.46 Å². The molecule has 1 aromatic rings. The van der Waals surface area contributed by atoms with Crippen molar-refractivity contribution >= 4 is 24.2 Å². The van der Waals surface area contributed by atoms with Crippen molar-refractivity contribution in [1.82, 2.24) is 0 Å². The maximum atomic E-state index is 11.9. The topological polar surface area (TPSA) is 87.9 Å². The molecule has 7 nitrogen and oxygen atoms in total. The standard InChI is InChI=1S/C15H20BNO6/c1-6-21-13(18)10-7-11(9-12(8-10)17(19)20)16-22-14(2,3)15(4,5)23-16/h7-9H,6H2,1-5H3. The summed E-state index contributed by atoms with van der Waals surface area (Å²) < 4.78 is 16.7. The van der Waals surface area contributed by atoms with Gasteiger partial charge in [0.25, 0.3) is 5.69 Å².